The molecule has 0 radical (unpaired) electrons. The molecule has 0 bridgehead atoms. The summed E-state index contributed by atoms with van der Waals surface area (Å²) in [5.74, 6) is 0.0523. The number of nitrogens with zero attached hydrogens (tertiary/aromatic N) is 1. The standard InChI is InChI=1S/C11H19N3OS/c1-8(9-5-13-7-16-9)14-6-11(2,3)10(15)12-4/h5,7-8,14H,6H2,1-4H3,(H,12,15). The van der Waals surface area contributed by atoms with Crippen LogP contribution in [0.5, 0.6) is 0 Å². The van der Waals surface area contributed by atoms with Crippen LogP contribution in [0.1, 0.15) is 31.7 Å². The molecule has 0 aromatic carbocycles. The Morgan fingerprint density at radius 2 is 2.31 bits per heavy atom. The van der Waals surface area contributed by atoms with Gasteiger partial charge in [-0.2, -0.15) is 0 Å². The Morgan fingerprint density at radius 3 is 2.81 bits per heavy atom. The highest BCUT2D eigenvalue weighted by molar-refractivity contribution is 7.09. The summed E-state index contributed by atoms with van der Waals surface area (Å²) in [4.78, 5) is 16.8. The van der Waals surface area contributed by atoms with Gasteiger partial charge in [0.2, 0.25) is 5.91 Å². The fraction of sp³-hybridized carbons (Fsp3) is 0.636. The zero-order chi connectivity index (χ0) is 12.2. The molecule has 1 aromatic rings. The molecule has 1 rings (SSSR count). The van der Waals surface area contributed by atoms with E-state index in [1.807, 2.05) is 25.6 Å². The number of hydrogen-bond donors (Lipinski definition) is 2. The van der Waals surface area contributed by atoms with Gasteiger partial charge >= 0.3 is 0 Å². The van der Waals surface area contributed by atoms with Crippen LogP contribution >= 0.6 is 11.3 Å². The zero-order valence-electron chi connectivity index (χ0n) is 10.2. The van der Waals surface area contributed by atoms with Gasteiger partial charge in [-0.25, -0.2) is 0 Å². The van der Waals surface area contributed by atoms with E-state index in [1.54, 1.807) is 18.4 Å². The van der Waals surface area contributed by atoms with Gasteiger partial charge in [0.1, 0.15) is 0 Å². The Morgan fingerprint density at radius 1 is 1.62 bits per heavy atom. The SMILES string of the molecule is CNC(=O)C(C)(C)CNC(C)c1cncs1. The smallest absolute Gasteiger partial charge is 0.226 e. The molecule has 0 saturated heterocycles. The molecule has 4 nitrogen and oxygen atoms in total. The van der Waals surface area contributed by atoms with Crippen LogP contribution in [-0.2, 0) is 4.79 Å². The van der Waals surface area contributed by atoms with E-state index in [1.165, 1.54) is 4.88 Å². The number of carbonyl (C=O) groups excluding carboxylic acids is 1. The van der Waals surface area contributed by atoms with Crippen LogP contribution in [0.3, 0.4) is 0 Å². The van der Waals surface area contributed by atoms with Gasteiger partial charge in [-0.05, 0) is 20.8 Å². The number of rotatable bonds is 5. The predicted octanol–water partition coefficient (Wildman–Crippen LogP) is 1.57. The van der Waals surface area contributed by atoms with Crippen molar-refractivity contribution in [2.75, 3.05) is 13.6 Å². The van der Waals surface area contributed by atoms with Gasteiger partial charge in [0.05, 0.1) is 10.9 Å². The van der Waals surface area contributed by atoms with Crippen molar-refractivity contribution < 1.29 is 4.79 Å². The second-order valence-corrected chi connectivity index (χ2v) is 5.39. The molecule has 0 aliphatic rings. The summed E-state index contributed by atoms with van der Waals surface area (Å²) in [5, 5.41) is 6.03. The fourth-order valence-electron chi connectivity index (χ4n) is 1.37. The molecule has 1 unspecified atom stereocenters. The highest BCUT2D eigenvalue weighted by atomic mass is 32.1. The first-order chi connectivity index (χ1) is 7.47. The van der Waals surface area contributed by atoms with E-state index in [9.17, 15) is 4.79 Å². The van der Waals surface area contributed by atoms with Crippen LogP contribution in [0.2, 0.25) is 0 Å². The summed E-state index contributed by atoms with van der Waals surface area (Å²) >= 11 is 1.62. The molecule has 1 amide bonds. The average molecular weight is 241 g/mol. The molecule has 1 aromatic heterocycles. The van der Waals surface area contributed by atoms with E-state index in [0.29, 0.717) is 6.54 Å². The number of nitrogens with one attached hydrogen (secondary N) is 2. The number of thiazole rings is 1. The fourth-order valence-corrected chi connectivity index (χ4v) is 2.02. The van der Waals surface area contributed by atoms with E-state index in [2.05, 4.69) is 22.5 Å². The molecule has 5 heteroatoms. The van der Waals surface area contributed by atoms with E-state index in [4.69, 9.17) is 0 Å². The van der Waals surface area contributed by atoms with Crippen molar-refractivity contribution in [2.24, 2.45) is 5.41 Å². The molecule has 1 atom stereocenters. The minimum absolute atomic E-state index is 0.0523. The Labute approximate surface area is 100 Å². The second kappa shape index (κ2) is 5.41. The molecule has 16 heavy (non-hydrogen) atoms. The van der Waals surface area contributed by atoms with E-state index >= 15 is 0 Å². The lowest BCUT2D eigenvalue weighted by Gasteiger charge is -2.25. The first-order valence-corrected chi connectivity index (χ1v) is 6.19. The molecule has 0 saturated carbocycles. The van der Waals surface area contributed by atoms with Gasteiger partial charge in [0, 0.05) is 30.7 Å². The Balaban J connectivity index is 2.48. The molecule has 0 aliphatic heterocycles. The lowest BCUT2D eigenvalue weighted by molar-refractivity contribution is -0.128. The van der Waals surface area contributed by atoms with Gasteiger partial charge in [0.15, 0.2) is 0 Å². The van der Waals surface area contributed by atoms with E-state index in [-0.39, 0.29) is 11.9 Å². The highest BCUT2D eigenvalue weighted by Gasteiger charge is 2.26. The number of carbonyl (C=O) groups is 1. The molecular formula is C11H19N3OS. The molecule has 0 spiro atoms. The monoisotopic (exact) mass is 241 g/mol. The molecule has 2 N–H and O–H groups in total. The topological polar surface area (TPSA) is 54.0 Å². The lowest BCUT2D eigenvalue weighted by atomic mass is 9.92. The van der Waals surface area contributed by atoms with Crippen LogP contribution in [0, 0.1) is 5.41 Å². The molecule has 90 valence electrons. The third kappa shape index (κ3) is 3.28. The summed E-state index contributed by atoms with van der Waals surface area (Å²) in [6, 6.07) is 0.233. The molecule has 0 aliphatic carbocycles. The van der Waals surface area contributed by atoms with Crippen LogP contribution in [0.15, 0.2) is 11.7 Å². The van der Waals surface area contributed by atoms with E-state index < -0.39 is 5.41 Å². The van der Waals surface area contributed by atoms with Gasteiger partial charge in [-0.3, -0.25) is 9.78 Å². The average Bonchev–Trinajstić information content (AvgIpc) is 2.78. The quantitative estimate of drug-likeness (QED) is 0.822. The second-order valence-electron chi connectivity index (χ2n) is 4.47. The maximum atomic E-state index is 11.6. The van der Waals surface area contributed by atoms with E-state index in [0.717, 1.165) is 0 Å². The normalized spacial score (nSPS) is 13.5. The zero-order valence-corrected chi connectivity index (χ0v) is 11.0. The van der Waals surface area contributed by atoms with Crippen molar-refractivity contribution in [3.05, 3.63) is 16.6 Å². The van der Waals surface area contributed by atoms with Crippen molar-refractivity contribution in [2.45, 2.75) is 26.8 Å². The van der Waals surface area contributed by atoms with Gasteiger partial charge < -0.3 is 10.6 Å². The third-order valence-electron chi connectivity index (χ3n) is 2.57. The largest absolute Gasteiger partial charge is 0.359 e. The minimum atomic E-state index is -0.395. The van der Waals surface area contributed by atoms with Gasteiger partial charge in [-0.1, -0.05) is 0 Å². The summed E-state index contributed by atoms with van der Waals surface area (Å²) in [7, 11) is 1.66. The number of hydrogen-bond acceptors (Lipinski definition) is 4. The van der Waals surface area contributed by atoms with Crippen molar-refractivity contribution in [3.63, 3.8) is 0 Å². The van der Waals surface area contributed by atoms with Crippen LogP contribution in [0.25, 0.3) is 0 Å². The first-order valence-electron chi connectivity index (χ1n) is 5.31. The Bertz CT molecular complexity index is 335. The van der Waals surface area contributed by atoms with Gasteiger partial charge in [0.25, 0.3) is 0 Å². The highest BCUT2D eigenvalue weighted by Crippen LogP contribution is 2.19. The van der Waals surface area contributed by atoms with Crippen LogP contribution < -0.4 is 10.6 Å². The maximum Gasteiger partial charge on any atom is 0.226 e. The summed E-state index contributed by atoms with van der Waals surface area (Å²) < 4.78 is 0. The maximum absolute atomic E-state index is 11.6. The summed E-state index contributed by atoms with van der Waals surface area (Å²) in [6.45, 7) is 6.58. The minimum Gasteiger partial charge on any atom is -0.359 e. The molecule has 0 fully saturated rings. The third-order valence-corrected chi connectivity index (χ3v) is 3.53. The van der Waals surface area contributed by atoms with Crippen molar-refractivity contribution >= 4 is 17.2 Å². The predicted molar refractivity (Wildman–Crippen MR) is 66.4 cm³/mol. The molecular weight excluding hydrogens is 222 g/mol. The number of aromatic nitrogens is 1. The van der Waals surface area contributed by atoms with Crippen LogP contribution in [0.4, 0.5) is 0 Å². The van der Waals surface area contributed by atoms with Crippen molar-refractivity contribution in [1.29, 1.82) is 0 Å². The van der Waals surface area contributed by atoms with Crippen LogP contribution in [-0.4, -0.2) is 24.5 Å². The Kier molecular flexibility index (Phi) is 4.44. The van der Waals surface area contributed by atoms with Crippen molar-refractivity contribution in [1.82, 2.24) is 15.6 Å². The Hall–Kier alpha value is -0.940. The van der Waals surface area contributed by atoms with Crippen molar-refractivity contribution in [3.8, 4) is 0 Å². The number of amides is 1. The molecule has 1 heterocycles. The lowest BCUT2D eigenvalue weighted by Crippen LogP contribution is -2.42. The summed E-state index contributed by atoms with van der Waals surface area (Å²) in [5.41, 5.74) is 1.42. The first kappa shape index (κ1) is 13.1. The summed E-state index contributed by atoms with van der Waals surface area (Å²) in [6.07, 6.45) is 1.86. The van der Waals surface area contributed by atoms with Gasteiger partial charge in [-0.15, -0.1) is 11.3 Å².